The minimum Gasteiger partial charge on any atom is -0.393 e. The summed E-state index contributed by atoms with van der Waals surface area (Å²) >= 11 is 0. The molecule has 4 heteroatoms. The maximum absolute atomic E-state index is 13.0. The van der Waals surface area contributed by atoms with Crippen molar-refractivity contribution in [1.29, 1.82) is 0 Å². The van der Waals surface area contributed by atoms with Gasteiger partial charge in [-0.1, -0.05) is 12.1 Å². The second-order valence-electron chi connectivity index (χ2n) is 6.06. The van der Waals surface area contributed by atoms with Crippen LogP contribution in [0.1, 0.15) is 44.2 Å². The molecule has 1 aromatic rings. The number of benzene rings is 1. The summed E-state index contributed by atoms with van der Waals surface area (Å²) < 4.78 is 13.0. The number of aliphatic hydroxyl groups is 1. The van der Waals surface area contributed by atoms with Crippen LogP contribution in [0.15, 0.2) is 24.3 Å². The Morgan fingerprint density at radius 3 is 2.50 bits per heavy atom. The number of carbonyl (C=O) groups is 1. The third-order valence-electron chi connectivity index (χ3n) is 4.64. The first-order valence-corrected chi connectivity index (χ1v) is 7.32. The van der Waals surface area contributed by atoms with E-state index in [4.69, 9.17) is 0 Å². The summed E-state index contributed by atoms with van der Waals surface area (Å²) in [5.41, 5.74) is 1.00. The topological polar surface area (TPSA) is 40.5 Å². The van der Waals surface area contributed by atoms with E-state index in [0.717, 1.165) is 18.4 Å². The van der Waals surface area contributed by atoms with Crippen LogP contribution in [0.5, 0.6) is 0 Å². The SMILES string of the molecule is CC1CCC(c2ccc(F)cc2)N1C(=O)C1CC(O)C1. The van der Waals surface area contributed by atoms with Gasteiger partial charge in [-0.3, -0.25) is 4.79 Å². The lowest BCUT2D eigenvalue weighted by molar-refractivity contribution is -0.145. The Bertz CT molecular complexity index is 496. The number of hydrogen-bond acceptors (Lipinski definition) is 2. The van der Waals surface area contributed by atoms with Gasteiger partial charge in [-0.15, -0.1) is 0 Å². The zero-order valence-corrected chi connectivity index (χ0v) is 11.6. The maximum atomic E-state index is 13.0. The van der Waals surface area contributed by atoms with E-state index in [1.54, 1.807) is 12.1 Å². The zero-order valence-electron chi connectivity index (χ0n) is 11.6. The maximum Gasteiger partial charge on any atom is 0.226 e. The summed E-state index contributed by atoms with van der Waals surface area (Å²) in [6.45, 7) is 2.07. The lowest BCUT2D eigenvalue weighted by Gasteiger charge is -2.37. The molecule has 0 radical (unpaired) electrons. The van der Waals surface area contributed by atoms with Gasteiger partial charge in [0.15, 0.2) is 0 Å². The molecule has 1 N–H and O–H groups in total. The molecule has 1 saturated heterocycles. The summed E-state index contributed by atoms with van der Waals surface area (Å²) in [5, 5.41) is 9.38. The molecule has 20 heavy (non-hydrogen) atoms. The van der Waals surface area contributed by atoms with Crippen molar-refractivity contribution in [3.8, 4) is 0 Å². The molecular weight excluding hydrogens is 257 g/mol. The summed E-state index contributed by atoms with van der Waals surface area (Å²) in [6, 6.07) is 6.72. The Hall–Kier alpha value is -1.42. The number of carbonyl (C=O) groups excluding carboxylic acids is 1. The van der Waals surface area contributed by atoms with Crippen molar-refractivity contribution in [3.05, 3.63) is 35.6 Å². The Kier molecular flexibility index (Phi) is 3.50. The summed E-state index contributed by atoms with van der Waals surface area (Å²) in [6.07, 6.45) is 2.75. The van der Waals surface area contributed by atoms with Gasteiger partial charge in [0, 0.05) is 12.0 Å². The number of amides is 1. The molecule has 3 nitrogen and oxygen atoms in total. The first-order valence-electron chi connectivity index (χ1n) is 7.32. The van der Waals surface area contributed by atoms with E-state index in [0.29, 0.717) is 12.8 Å². The number of hydrogen-bond donors (Lipinski definition) is 1. The first kappa shape index (κ1) is 13.6. The van der Waals surface area contributed by atoms with Crippen molar-refractivity contribution in [2.75, 3.05) is 0 Å². The van der Waals surface area contributed by atoms with Crippen molar-refractivity contribution in [2.45, 2.75) is 50.8 Å². The Labute approximate surface area is 118 Å². The summed E-state index contributed by atoms with van der Waals surface area (Å²) in [7, 11) is 0. The van der Waals surface area contributed by atoms with Crippen LogP contribution < -0.4 is 0 Å². The highest BCUT2D eigenvalue weighted by Crippen LogP contribution is 2.40. The minimum absolute atomic E-state index is 0.0338. The van der Waals surface area contributed by atoms with Gasteiger partial charge < -0.3 is 10.0 Å². The average Bonchev–Trinajstić information content (AvgIpc) is 2.77. The Morgan fingerprint density at radius 2 is 1.90 bits per heavy atom. The van der Waals surface area contributed by atoms with Gasteiger partial charge in [0.1, 0.15) is 5.82 Å². The van der Waals surface area contributed by atoms with Crippen LogP contribution in [0.25, 0.3) is 0 Å². The number of aliphatic hydroxyl groups excluding tert-OH is 1. The predicted molar refractivity (Wildman–Crippen MR) is 73.4 cm³/mol. The number of nitrogens with zero attached hydrogens (tertiary/aromatic N) is 1. The molecule has 2 fully saturated rings. The second-order valence-corrected chi connectivity index (χ2v) is 6.06. The van der Waals surface area contributed by atoms with Crippen molar-refractivity contribution in [3.63, 3.8) is 0 Å². The van der Waals surface area contributed by atoms with Crippen molar-refractivity contribution in [1.82, 2.24) is 4.90 Å². The van der Waals surface area contributed by atoms with E-state index >= 15 is 0 Å². The van der Waals surface area contributed by atoms with Crippen molar-refractivity contribution in [2.24, 2.45) is 5.92 Å². The summed E-state index contributed by atoms with van der Waals surface area (Å²) in [5.74, 6) is -0.136. The van der Waals surface area contributed by atoms with E-state index in [1.165, 1.54) is 12.1 Å². The number of halogens is 1. The van der Waals surface area contributed by atoms with Crippen LogP contribution in [-0.4, -0.2) is 28.1 Å². The standard InChI is InChI=1S/C16H20FNO2/c1-10-2-7-15(11-3-5-13(17)6-4-11)18(10)16(20)12-8-14(19)9-12/h3-6,10,12,14-15,19H,2,7-9H2,1H3. The van der Waals surface area contributed by atoms with Gasteiger partial charge in [0.25, 0.3) is 0 Å². The highest BCUT2D eigenvalue weighted by Gasteiger charge is 2.42. The fourth-order valence-corrected chi connectivity index (χ4v) is 3.37. The van der Waals surface area contributed by atoms with Crippen LogP contribution in [0.3, 0.4) is 0 Å². The number of rotatable bonds is 2. The smallest absolute Gasteiger partial charge is 0.226 e. The molecule has 2 aliphatic rings. The molecule has 1 heterocycles. The van der Waals surface area contributed by atoms with Gasteiger partial charge in [-0.2, -0.15) is 0 Å². The van der Waals surface area contributed by atoms with Gasteiger partial charge >= 0.3 is 0 Å². The second kappa shape index (κ2) is 5.17. The fourth-order valence-electron chi connectivity index (χ4n) is 3.37. The monoisotopic (exact) mass is 277 g/mol. The molecular formula is C16H20FNO2. The summed E-state index contributed by atoms with van der Waals surface area (Å²) in [4.78, 5) is 14.5. The first-order chi connectivity index (χ1) is 9.56. The molecule has 1 saturated carbocycles. The largest absolute Gasteiger partial charge is 0.393 e. The van der Waals surface area contributed by atoms with Gasteiger partial charge in [-0.25, -0.2) is 4.39 Å². The molecule has 1 aliphatic carbocycles. The highest BCUT2D eigenvalue weighted by atomic mass is 19.1. The van der Waals surface area contributed by atoms with Gasteiger partial charge in [-0.05, 0) is 50.3 Å². The molecule has 1 amide bonds. The van der Waals surface area contributed by atoms with Crippen molar-refractivity contribution >= 4 is 5.91 Å². The Balaban J connectivity index is 1.79. The third-order valence-corrected chi connectivity index (χ3v) is 4.64. The molecule has 2 unspecified atom stereocenters. The van der Waals surface area contributed by atoms with Crippen LogP contribution in [0.2, 0.25) is 0 Å². The molecule has 0 bridgehead atoms. The quantitative estimate of drug-likeness (QED) is 0.903. The van der Waals surface area contributed by atoms with Crippen LogP contribution in [-0.2, 0) is 4.79 Å². The lowest BCUT2D eigenvalue weighted by atomic mass is 9.81. The molecule has 108 valence electrons. The zero-order chi connectivity index (χ0) is 14.3. The van der Waals surface area contributed by atoms with Crippen LogP contribution >= 0.6 is 0 Å². The molecule has 1 aliphatic heterocycles. The average molecular weight is 277 g/mol. The Morgan fingerprint density at radius 1 is 1.25 bits per heavy atom. The lowest BCUT2D eigenvalue weighted by Crippen LogP contribution is -2.45. The third kappa shape index (κ3) is 2.33. The van der Waals surface area contributed by atoms with E-state index < -0.39 is 0 Å². The van der Waals surface area contributed by atoms with Crippen LogP contribution in [0.4, 0.5) is 4.39 Å². The normalized spacial score (nSPS) is 33.0. The minimum atomic E-state index is -0.314. The van der Waals surface area contributed by atoms with Crippen molar-refractivity contribution < 1.29 is 14.3 Å². The molecule has 2 atom stereocenters. The van der Waals surface area contributed by atoms with Gasteiger partial charge in [0.05, 0.1) is 12.1 Å². The highest BCUT2D eigenvalue weighted by molar-refractivity contribution is 5.81. The number of likely N-dealkylation sites (tertiary alicyclic amines) is 1. The molecule has 3 rings (SSSR count). The van der Waals surface area contributed by atoms with E-state index in [2.05, 4.69) is 6.92 Å². The van der Waals surface area contributed by atoms with E-state index in [1.807, 2.05) is 4.90 Å². The van der Waals surface area contributed by atoms with Gasteiger partial charge in [0.2, 0.25) is 5.91 Å². The molecule has 0 spiro atoms. The molecule has 0 aromatic heterocycles. The fraction of sp³-hybridized carbons (Fsp3) is 0.562. The van der Waals surface area contributed by atoms with Crippen LogP contribution in [0, 0.1) is 11.7 Å². The predicted octanol–water partition coefficient (Wildman–Crippen LogP) is 2.65. The molecule has 1 aromatic carbocycles. The van der Waals surface area contributed by atoms with E-state index in [9.17, 15) is 14.3 Å². The van der Waals surface area contributed by atoms with E-state index in [-0.39, 0.29) is 35.8 Å².